The zero-order chi connectivity index (χ0) is 17.7. The van der Waals surface area contributed by atoms with E-state index in [0.717, 1.165) is 25.9 Å². The average molecular weight is 350 g/mol. The van der Waals surface area contributed by atoms with Crippen LogP contribution < -0.4 is 14.8 Å². The van der Waals surface area contributed by atoms with E-state index in [1.807, 2.05) is 0 Å². The molecule has 0 aliphatic carbocycles. The van der Waals surface area contributed by atoms with Gasteiger partial charge in [0, 0.05) is 45.0 Å². The summed E-state index contributed by atoms with van der Waals surface area (Å²) >= 11 is 0. The molecule has 0 radical (unpaired) electrons. The summed E-state index contributed by atoms with van der Waals surface area (Å²) in [7, 11) is 3.17. The fraction of sp³-hybridized carbons (Fsp3) is 0.611. The van der Waals surface area contributed by atoms with Crippen molar-refractivity contribution in [2.75, 3.05) is 52.4 Å². The number of benzene rings is 1. The number of piperidine rings is 1. The molecule has 1 aromatic rings. The highest BCUT2D eigenvalue weighted by Crippen LogP contribution is 2.31. The minimum atomic E-state index is -0.368. The molecular formula is C18H26N2O5. The third-order valence-electron chi connectivity index (χ3n) is 4.77. The van der Waals surface area contributed by atoms with E-state index in [9.17, 15) is 4.79 Å². The molecule has 2 aliphatic rings. The van der Waals surface area contributed by atoms with Crippen molar-refractivity contribution in [2.45, 2.75) is 25.0 Å². The summed E-state index contributed by atoms with van der Waals surface area (Å²) in [5.74, 6) is 0.881. The van der Waals surface area contributed by atoms with Crippen molar-refractivity contribution in [2.24, 2.45) is 0 Å². The van der Waals surface area contributed by atoms with Gasteiger partial charge in [-0.3, -0.25) is 4.79 Å². The van der Waals surface area contributed by atoms with E-state index < -0.39 is 0 Å². The summed E-state index contributed by atoms with van der Waals surface area (Å²) in [6.45, 7) is 3.86. The second-order valence-corrected chi connectivity index (χ2v) is 6.31. The Bertz CT molecular complexity index is 591. The van der Waals surface area contributed by atoms with Crippen molar-refractivity contribution in [1.29, 1.82) is 0 Å². The van der Waals surface area contributed by atoms with Gasteiger partial charge >= 0.3 is 0 Å². The van der Waals surface area contributed by atoms with E-state index in [1.165, 1.54) is 0 Å². The second-order valence-electron chi connectivity index (χ2n) is 6.31. The number of rotatable bonds is 6. The van der Waals surface area contributed by atoms with Crippen molar-refractivity contribution in [3.05, 3.63) is 18.2 Å². The van der Waals surface area contributed by atoms with Gasteiger partial charge in [0.2, 0.25) is 5.91 Å². The Morgan fingerprint density at radius 1 is 1.20 bits per heavy atom. The van der Waals surface area contributed by atoms with E-state index in [-0.39, 0.29) is 11.7 Å². The van der Waals surface area contributed by atoms with Gasteiger partial charge in [0.05, 0.1) is 33.1 Å². The Hall–Kier alpha value is -1.83. The minimum Gasteiger partial charge on any atom is -0.497 e. The van der Waals surface area contributed by atoms with Gasteiger partial charge in [0.15, 0.2) is 5.79 Å². The fourth-order valence-corrected chi connectivity index (χ4v) is 3.29. The number of hydrogen-bond acceptors (Lipinski definition) is 6. The Morgan fingerprint density at radius 3 is 2.56 bits per heavy atom. The number of hydrogen-bond donors (Lipinski definition) is 1. The lowest BCUT2D eigenvalue weighted by atomic mass is 10.0. The van der Waals surface area contributed by atoms with Crippen LogP contribution in [0, 0.1) is 0 Å². The van der Waals surface area contributed by atoms with E-state index >= 15 is 0 Å². The average Bonchev–Trinajstić information content (AvgIpc) is 3.09. The molecular weight excluding hydrogens is 324 g/mol. The number of carbonyl (C=O) groups is 1. The molecule has 25 heavy (non-hydrogen) atoms. The minimum absolute atomic E-state index is 0.0415. The van der Waals surface area contributed by atoms with Gasteiger partial charge in [-0.25, -0.2) is 0 Å². The molecule has 1 amide bonds. The standard InChI is InChI=1S/C18H26N2O5/c1-22-14-3-4-16(23-2)15(13-14)19-17(21)5-8-20-9-6-18(7-10-20)24-11-12-25-18/h3-4,13H,5-12H2,1-2H3,(H,19,21). The summed E-state index contributed by atoms with van der Waals surface area (Å²) in [5, 5.41) is 2.90. The lowest BCUT2D eigenvalue weighted by Crippen LogP contribution is -2.45. The lowest BCUT2D eigenvalue weighted by Gasteiger charge is -2.37. The molecule has 7 heteroatoms. The molecule has 7 nitrogen and oxygen atoms in total. The Balaban J connectivity index is 1.47. The zero-order valence-corrected chi connectivity index (χ0v) is 14.9. The fourth-order valence-electron chi connectivity index (χ4n) is 3.29. The monoisotopic (exact) mass is 350 g/mol. The number of ether oxygens (including phenoxy) is 4. The molecule has 138 valence electrons. The molecule has 2 fully saturated rings. The van der Waals surface area contributed by atoms with Crippen LogP contribution in [0.25, 0.3) is 0 Å². The number of nitrogens with one attached hydrogen (secondary N) is 1. The highest BCUT2D eigenvalue weighted by Gasteiger charge is 2.39. The molecule has 0 aromatic heterocycles. The van der Waals surface area contributed by atoms with Crippen molar-refractivity contribution in [3.63, 3.8) is 0 Å². The number of amides is 1. The van der Waals surface area contributed by atoms with Crippen molar-refractivity contribution in [3.8, 4) is 11.5 Å². The quantitative estimate of drug-likeness (QED) is 0.845. The van der Waals surface area contributed by atoms with Crippen LogP contribution in [0.15, 0.2) is 18.2 Å². The van der Waals surface area contributed by atoms with E-state index in [1.54, 1.807) is 32.4 Å². The third kappa shape index (κ3) is 4.42. The van der Waals surface area contributed by atoms with Gasteiger partial charge in [-0.15, -0.1) is 0 Å². The molecule has 1 aromatic carbocycles. The highest BCUT2D eigenvalue weighted by molar-refractivity contribution is 5.92. The molecule has 1 N–H and O–H groups in total. The summed E-state index contributed by atoms with van der Waals surface area (Å²) < 4.78 is 21.9. The maximum Gasteiger partial charge on any atom is 0.225 e. The predicted octanol–water partition coefficient (Wildman–Crippen LogP) is 1.87. The first kappa shape index (κ1) is 18.0. The van der Waals surface area contributed by atoms with Crippen LogP contribution in [0.4, 0.5) is 5.69 Å². The van der Waals surface area contributed by atoms with Crippen molar-refractivity contribution in [1.82, 2.24) is 4.90 Å². The maximum atomic E-state index is 12.3. The van der Waals surface area contributed by atoms with E-state index in [2.05, 4.69) is 10.2 Å². The largest absolute Gasteiger partial charge is 0.497 e. The number of likely N-dealkylation sites (tertiary alicyclic amines) is 1. The number of methoxy groups -OCH3 is 2. The van der Waals surface area contributed by atoms with Crippen molar-refractivity contribution >= 4 is 11.6 Å². The van der Waals surface area contributed by atoms with Gasteiger partial charge < -0.3 is 29.2 Å². The first-order valence-corrected chi connectivity index (χ1v) is 8.66. The molecule has 1 spiro atoms. The summed E-state index contributed by atoms with van der Waals surface area (Å²) in [6, 6.07) is 5.33. The smallest absolute Gasteiger partial charge is 0.225 e. The molecule has 2 aliphatic heterocycles. The Morgan fingerprint density at radius 2 is 1.92 bits per heavy atom. The zero-order valence-electron chi connectivity index (χ0n) is 14.9. The first-order valence-electron chi connectivity index (χ1n) is 8.66. The maximum absolute atomic E-state index is 12.3. The molecule has 0 unspecified atom stereocenters. The molecule has 0 atom stereocenters. The van der Waals surface area contributed by atoms with E-state index in [0.29, 0.717) is 43.4 Å². The van der Waals surface area contributed by atoms with Crippen LogP contribution in [0.2, 0.25) is 0 Å². The predicted molar refractivity (Wildman–Crippen MR) is 93.1 cm³/mol. The SMILES string of the molecule is COc1ccc(OC)c(NC(=O)CCN2CCC3(CC2)OCCO3)c1. The van der Waals surface area contributed by atoms with Crippen LogP contribution in [-0.4, -0.2) is 63.7 Å². The van der Waals surface area contributed by atoms with Crippen LogP contribution in [0.3, 0.4) is 0 Å². The molecule has 0 bridgehead atoms. The lowest BCUT2D eigenvalue weighted by molar-refractivity contribution is -0.185. The van der Waals surface area contributed by atoms with Gasteiger partial charge in [0.1, 0.15) is 11.5 Å². The van der Waals surface area contributed by atoms with Crippen molar-refractivity contribution < 1.29 is 23.7 Å². The molecule has 2 heterocycles. The van der Waals surface area contributed by atoms with E-state index in [4.69, 9.17) is 18.9 Å². The topological polar surface area (TPSA) is 69.3 Å². The third-order valence-corrected chi connectivity index (χ3v) is 4.77. The summed E-state index contributed by atoms with van der Waals surface area (Å²) in [6.07, 6.45) is 2.14. The number of carbonyl (C=O) groups excluding carboxylic acids is 1. The highest BCUT2D eigenvalue weighted by atomic mass is 16.7. The molecule has 2 saturated heterocycles. The first-order chi connectivity index (χ1) is 12.1. The number of nitrogens with zero attached hydrogens (tertiary/aromatic N) is 1. The van der Waals surface area contributed by atoms with Gasteiger partial charge in [-0.05, 0) is 12.1 Å². The normalized spacial score (nSPS) is 19.8. The van der Waals surface area contributed by atoms with Crippen LogP contribution in [0.5, 0.6) is 11.5 Å². The van der Waals surface area contributed by atoms with Crippen LogP contribution >= 0.6 is 0 Å². The van der Waals surface area contributed by atoms with Gasteiger partial charge in [-0.2, -0.15) is 0 Å². The van der Waals surface area contributed by atoms with Gasteiger partial charge in [0.25, 0.3) is 0 Å². The Kier molecular flexibility index (Phi) is 5.78. The second kappa shape index (κ2) is 8.03. The summed E-state index contributed by atoms with van der Waals surface area (Å²) in [5.41, 5.74) is 0.622. The van der Waals surface area contributed by atoms with Gasteiger partial charge in [-0.1, -0.05) is 0 Å². The van der Waals surface area contributed by atoms with Crippen LogP contribution in [-0.2, 0) is 14.3 Å². The summed E-state index contributed by atoms with van der Waals surface area (Å²) in [4.78, 5) is 14.6. The number of anilines is 1. The Labute approximate surface area is 148 Å². The molecule has 0 saturated carbocycles. The van der Waals surface area contributed by atoms with Crippen LogP contribution in [0.1, 0.15) is 19.3 Å². The molecule has 3 rings (SSSR count).